The minimum absolute atomic E-state index is 0.104. The van der Waals surface area contributed by atoms with Crippen LogP contribution < -0.4 is 9.47 Å². The topological polar surface area (TPSA) is 91.3 Å². The first-order valence-corrected chi connectivity index (χ1v) is 12.8. The number of ketones is 1. The van der Waals surface area contributed by atoms with Crippen LogP contribution in [-0.2, 0) is 14.9 Å². The number of carboxylic acids is 1. The van der Waals surface area contributed by atoms with Crippen LogP contribution in [0.15, 0.2) is 42.5 Å². The average Bonchev–Trinajstić information content (AvgIpc) is 2.86. The zero-order valence-electron chi connectivity index (χ0n) is 20.7. The first kappa shape index (κ1) is 24.8. The Kier molecular flexibility index (Phi) is 7.30. The molecule has 0 amide bonds. The molecule has 0 radical (unpaired) electrons. The number of Topliss-reactive ketones (excluding diaryl/α,β-unsaturated/α-hetero) is 1. The molecule has 0 aromatic heterocycles. The normalized spacial score (nSPS) is 26.1. The van der Waals surface area contributed by atoms with Gasteiger partial charge in [0.25, 0.3) is 0 Å². The van der Waals surface area contributed by atoms with Gasteiger partial charge in [-0.2, -0.15) is 0 Å². The van der Waals surface area contributed by atoms with Crippen LogP contribution >= 0.6 is 0 Å². The van der Waals surface area contributed by atoms with Crippen LogP contribution in [0.5, 0.6) is 11.5 Å². The van der Waals surface area contributed by atoms with Crippen molar-refractivity contribution in [2.24, 2.45) is 17.8 Å². The first-order chi connectivity index (χ1) is 17.5. The third kappa shape index (κ3) is 5.27. The highest BCUT2D eigenvalue weighted by Crippen LogP contribution is 2.61. The van der Waals surface area contributed by atoms with E-state index in [4.69, 9.17) is 24.1 Å². The van der Waals surface area contributed by atoms with Crippen LogP contribution in [0.4, 0.5) is 0 Å². The molecule has 6 rings (SSSR count). The lowest BCUT2D eigenvalue weighted by Crippen LogP contribution is -2.48. The first-order valence-electron chi connectivity index (χ1n) is 12.8. The Labute approximate surface area is 211 Å². The molecule has 192 valence electrons. The molecule has 0 heterocycles. The van der Waals surface area contributed by atoms with E-state index in [0.29, 0.717) is 24.5 Å². The highest BCUT2D eigenvalue weighted by atomic mass is 16.7. The van der Waals surface area contributed by atoms with Gasteiger partial charge in [0.2, 0.25) is 0 Å². The predicted molar refractivity (Wildman–Crippen MR) is 133 cm³/mol. The third-order valence-corrected chi connectivity index (χ3v) is 8.11. The average molecular weight is 495 g/mol. The third-order valence-electron chi connectivity index (χ3n) is 8.11. The molecule has 36 heavy (non-hydrogen) atoms. The number of hydrogen-bond acceptors (Lipinski definition) is 6. The fourth-order valence-corrected chi connectivity index (χ4v) is 6.93. The quantitative estimate of drug-likeness (QED) is 0.249. The maximum absolute atomic E-state index is 13.0. The number of hydrogen-bond donors (Lipinski definition) is 1. The van der Waals surface area contributed by atoms with E-state index >= 15 is 0 Å². The van der Waals surface area contributed by atoms with Crippen molar-refractivity contribution in [3.05, 3.63) is 59.2 Å². The van der Waals surface area contributed by atoms with Crippen molar-refractivity contribution in [2.45, 2.75) is 43.9 Å². The minimum atomic E-state index is -1.00. The predicted octanol–water partition coefficient (Wildman–Crippen LogP) is 5.11. The van der Waals surface area contributed by atoms with Crippen molar-refractivity contribution >= 4 is 11.8 Å². The Morgan fingerprint density at radius 1 is 0.889 bits per heavy atom. The SMILES string of the molecule is COCCOCOc1cc(C(=O)COc2ccc(C(=O)O)cc2)ccc1C12CC3CC(CC(C3)C1)C2. The van der Waals surface area contributed by atoms with Crippen molar-refractivity contribution < 1.29 is 33.6 Å². The lowest BCUT2D eigenvalue weighted by atomic mass is 9.48. The molecule has 0 saturated heterocycles. The molecule has 4 saturated carbocycles. The van der Waals surface area contributed by atoms with Crippen LogP contribution in [0.3, 0.4) is 0 Å². The van der Waals surface area contributed by atoms with Gasteiger partial charge in [-0.3, -0.25) is 4.79 Å². The molecule has 7 nitrogen and oxygen atoms in total. The van der Waals surface area contributed by atoms with E-state index in [1.165, 1.54) is 56.2 Å². The summed E-state index contributed by atoms with van der Waals surface area (Å²) in [4.78, 5) is 24.0. The number of carbonyl (C=O) groups excluding carboxylic acids is 1. The molecule has 2 aromatic rings. The summed E-state index contributed by atoms with van der Waals surface area (Å²) in [5.74, 6) is 2.39. The minimum Gasteiger partial charge on any atom is -0.485 e. The molecule has 2 aromatic carbocycles. The van der Waals surface area contributed by atoms with Crippen LogP contribution in [-0.4, -0.2) is 50.6 Å². The fourth-order valence-electron chi connectivity index (χ4n) is 6.93. The van der Waals surface area contributed by atoms with Gasteiger partial charge in [-0.15, -0.1) is 0 Å². The van der Waals surface area contributed by atoms with Gasteiger partial charge in [0, 0.05) is 18.2 Å². The Hall–Kier alpha value is -2.90. The second-order valence-electron chi connectivity index (χ2n) is 10.6. The lowest BCUT2D eigenvalue weighted by Gasteiger charge is -2.57. The molecule has 0 spiro atoms. The molecule has 4 aliphatic rings. The number of carbonyl (C=O) groups is 2. The Balaban J connectivity index is 1.32. The number of rotatable bonds is 12. The molecule has 0 unspecified atom stereocenters. The molecule has 0 atom stereocenters. The van der Waals surface area contributed by atoms with E-state index in [1.807, 2.05) is 12.1 Å². The number of aromatic carboxylic acids is 1. The summed E-state index contributed by atoms with van der Waals surface area (Å²) in [5, 5.41) is 9.04. The second kappa shape index (κ2) is 10.6. The largest absolute Gasteiger partial charge is 0.485 e. The smallest absolute Gasteiger partial charge is 0.335 e. The molecule has 4 bridgehead atoms. The molecule has 4 fully saturated rings. The molecular formula is C29H34O7. The van der Waals surface area contributed by atoms with Crippen molar-refractivity contribution in [2.75, 3.05) is 33.7 Å². The zero-order chi connectivity index (χ0) is 25.1. The standard InChI is InChI=1S/C29H34O7/c1-33-8-9-34-18-36-27-13-23(26(30)17-35-24-5-2-22(3-6-24)28(31)32)4-7-25(27)29-14-19-10-20(15-29)12-21(11-19)16-29/h2-7,13,19-21H,8-12,14-18H2,1H3,(H,31,32). The summed E-state index contributed by atoms with van der Waals surface area (Å²) in [6.07, 6.45) is 7.67. The zero-order valence-corrected chi connectivity index (χ0v) is 20.7. The summed E-state index contributed by atoms with van der Waals surface area (Å²) in [7, 11) is 1.63. The Morgan fingerprint density at radius 3 is 2.14 bits per heavy atom. The van der Waals surface area contributed by atoms with E-state index in [2.05, 4.69) is 6.07 Å². The molecule has 1 N–H and O–H groups in total. The maximum atomic E-state index is 13.0. The molecule has 0 aliphatic heterocycles. The van der Waals surface area contributed by atoms with Gasteiger partial charge in [-0.25, -0.2) is 4.79 Å². The van der Waals surface area contributed by atoms with Gasteiger partial charge in [0.05, 0.1) is 18.8 Å². The van der Waals surface area contributed by atoms with Gasteiger partial charge >= 0.3 is 5.97 Å². The molecule has 4 aliphatic carbocycles. The van der Waals surface area contributed by atoms with Crippen molar-refractivity contribution in [1.82, 2.24) is 0 Å². The highest BCUT2D eigenvalue weighted by molar-refractivity contribution is 5.97. The van der Waals surface area contributed by atoms with Crippen LogP contribution in [0.25, 0.3) is 0 Å². The molecular weight excluding hydrogens is 460 g/mol. The Morgan fingerprint density at radius 2 is 1.53 bits per heavy atom. The number of carboxylic acid groups (broad SMARTS) is 1. The van der Waals surface area contributed by atoms with Crippen LogP contribution in [0.2, 0.25) is 0 Å². The van der Waals surface area contributed by atoms with Crippen molar-refractivity contribution in [1.29, 1.82) is 0 Å². The van der Waals surface area contributed by atoms with Gasteiger partial charge in [0.15, 0.2) is 19.2 Å². The van der Waals surface area contributed by atoms with Gasteiger partial charge in [-0.05, 0) is 92.0 Å². The van der Waals surface area contributed by atoms with E-state index in [0.717, 1.165) is 23.5 Å². The number of ether oxygens (including phenoxy) is 4. The summed E-state index contributed by atoms with van der Waals surface area (Å²) in [5.41, 5.74) is 2.03. The maximum Gasteiger partial charge on any atom is 0.335 e. The van der Waals surface area contributed by atoms with Gasteiger partial charge in [-0.1, -0.05) is 12.1 Å². The van der Waals surface area contributed by atoms with E-state index in [9.17, 15) is 9.59 Å². The highest BCUT2D eigenvalue weighted by Gasteiger charge is 2.52. The summed E-state index contributed by atoms with van der Waals surface area (Å²) in [6.45, 7) is 0.893. The summed E-state index contributed by atoms with van der Waals surface area (Å²) < 4.78 is 22.4. The second-order valence-corrected chi connectivity index (χ2v) is 10.6. The van der Waals surface area contributed by atoms with Crippen LogP contribution in [0, 0.1) is 17.8 Å². The number of benzene rings is 2. The summed E-state index contributed by atoms with van der Waals surface area (Å²) in [6, 6.07) is 11.8. The van der Waals surface area contributed by atoms with E-state index in [1.54, 1.807) is 19.2 Å². The van der Waals surface area contributed by atoms with E-state index < -0.39 is 5.97 Å². The van der Waals surface area contributed by atoms with Crippen molar-refractivity contribution in [3.63, 3.8) is 0 Å². The fraction of sp³-hybridized carbons (Fsp3) is 0.517. The van der Waals surface area contributed by atoms with Crippen LogP contribution in [0.1, 0.15) is 64.8 Å². The lowest BCUT2D eigenvalue weighted by molar-refractivity contribution is -0.0190. The van der Waals surface area contributed by atoms with Crippen molar-refractivity contribution in [3.8, 4) is 11.5 Å². The number of methoxy groups -OCH3 is 1. The van der Waals surface area contributed by atoms with E-state index in [-0.39, 0.29) is 30.2 Å². The summed E-state index contributed by atoms with van der Waals surface area (Å²) >= 11 is 0. The Bertz CT molecular complexity index is 1060. The van der Waals surface area contributed by atoms with Gasteiger partial charge in [0.1, 0.15) is 11.5 Å². The monoisotopic (exact) mass is 494 g/mol. The molecule has 7 heteroatoms. The van der Waals surface area contributed by atoms with Gasteiger partial charge < -0.3 is 24.1 Å².